The number of ether oxygens (including phenoxy) is 2. The van der Waals surface area contributed by atoms with Crippen molar-refractivity contribution in [3.63, 3.8) is 0 Å². The summed E-state index contributed by atoms with van der Waals surface area (Å²) in [5.41, 5.74) is 0.866. The van der Waals surface area contributed by atoms with Crippen LogP contribution in [0.3, 0.4) is 0 Å². The number of alkyl halides is 3. The van der Waals surface area contributed by atoms with Crippen molar-refractivity contribution >= 4 is 5.91 Å². The van der Waals surface area contributed by atoms with Gasteiger partial charge in [0.15, 0.2) is 0 Å². The van der Waals surface area contributed by atoms with Crippen LogP contribution in [0.25, 0.3) is 11.3 Å². The standard InChI is InChI=1S/C21H18F3N3O3/c1-29-17-8-4-14(5-9-17)18-10-11-19(27-26-18)30-13-12-25-20(28)15-2-6-16(7-3-15)21(22,23)24/h2-11H,12-13H2,1H3,(H,25,28). The van der Waals surface area contributed by atoms with E-state index < -0.39 is 17.6 Å². The van der Waals surface area contributed by atoms with Crippen LogP contribution in [0.15, 0.2) is 60.7 Å². The maximum absolute atomic E-state index is 12.5. The smallest absolute Gasteiger partial charge is 0.416 e. The Kier molecular flexibility index (Phi) is 6.51. The first-order chi connectivity index (χ1) is 14.4. The molecule has 0 spiro atoms. The Morgan fingerprint density at radius 3 is 2.23 bits per heavy atom. The lowest BCUT2D eigenvalue weighted by molar-refractivity contribution is -0.137. The summed E-state index contributed by atoms with van der Waals surface area (Å²) in [6.07, 6.45) is -4.44. The minimum absolute atomic E-state index is 0.128. The van der Waals surface area contributed by atoms with Crippen molar-refractivity contribution in [2.45, 2.75) is 6.18 Å². The number of amides is 1. The molecular weight excluding hydrogens is 399 g/mol. The highest BCUT2D eigenvalue weighted by molar-refractivity contribution is 5.94. The number of hydrogen-bond donors (Lipinski definition) is 1. The van der Waals surface area contributed by atoms with Crippen LogP contribution in [-0.2, 0) is 6.18 Å². The van der Waals surface area contributed by atoms with Gasteiger partial charge in [0.05, 0.1) is 24.9 Å². The second kappa shape index (κ2) is 9.25. The Morgan fingerprint density at radius 1 is 0.967 bits per heavy atom. The molecule has 1 amide bonds. The average molecular weight is 417 g/mol. The number of benzene rings is 2. The largest absolute Gasteiger partial charge is 0.497 e. The van der Waals surface area contributed by atoms with Crippen LogP contribution < -0.4 is 14.8 Å². The number of rotatable bonds is 7. The number of carbonyl (C=O) groups is 1. The predicted molar refractivity (Wildman–Crippen MR) is 103 cm³/mol. The molecule has 0 aliphatic heterocycles. The number of aromatic nitrogens is 2. The first-order valence-corrected chi connectivity index (χ1v) is 8.93. The number of hydrogen-bond acceptors (Lipinski definition) is 5. The molecule has 1 aromatic heterocycles. The zero-order chi connectivity index (χ0) is 21.6. The van der Waals surface area contributed by atoms with Gasteiger partial charge < -0.3 is 14.8 Å². The van der Waals surface area contributed by atoms with Crippen molar-refractivity contribution in [2.75, 3.05) is 20.3 Å². The number of carbonyl (C=O) groups excluding carboxylic acids is 1. The third kappa shape index (κ3) is 5.47. The molecule has 3 aromatic rings. The van der Waals surface area contributed by atoms with Crippen LogP contribution in [0.1, 0.15) is 15.9 Å². The normalized spacial score (nSPS) is 11.1. The first-order valence-electron chi connectivity index (χ1n) is 8.93. The molecule has 2 aromatic carbocycles. The van der Waals surface area contributed by atoms with Gasteiger partial charge in [0.25, 0.3) is 5.91 Å². The lowest BCUT2D eigenvalue weighted by atomic mass is 10.1. The Balaban J connectivity index is 1.46. The Morgan fingerprint density at radius 2 is 1.67 bits per heavy atom. The molecule has 9 heteroatoms. The zero-order valence-electron chi connectivity index (χ0n) is 15.9. The fourth-order valence-electron chi connectivity index (χ4n) is 2.55. The quantitative estimate of drug-likeness (QED) is 0.589. The van der Waals surface area contributed by atoms with E-state index in [2.05, 4.69) is 15.5 Å². The topological polar surface area (TPSA) is 73.3 Å². The molecule has 1 N–H and O–H groups in total. The lowest BCUT2D eigenvalue weighted by Gasteiger charge is -2.09. The summed E-state index contributed by atoms with van der Waals surface area (Å²) in [5.74, 6) is 0.536. The summed E-state index contributed by atoms with van der Waals surface area (Å²) in [5, 5.41) is 10.7. The van der Waals surface area contributed by atoms with E-state index in [9.17, 15) is 18.0 Å². The van der Waals surface area contributed by atoms with E-state index in [1.807, 2.05) is 24.3 Å². The average Bonchev–Trinajstić information content (AvgIpc) is 2.76. The van der Waals surface area contributed by atoms with E-state index in [0.717, 1.165) is 35.6 Å². The van der Waals surface area contributed by atoms with Gasteiger partial charge in [-0.25, -0.2) is 0 Å². The minimum atomic E-state index is -4.44. The second-order valence-electron chi connectivity index (χ2n) is 6.16. The minimum Gasteiger partial charge on any atom is -0.497 e. The van der Waals surface area contributed by atoms with Crippen molar-refractivity contribution in [1.29, 1.82) is 0 Å². The molecule has 0 radical (unpaired) electrons. The maximum atomic E-state index is 12.5. The Hall–Kier alpha value is -3.62. The van der Waals surface area contributed by atoms with Gasteiger partial charge in [0.1, 0.15) is 12.4 Å². The molecule has 0 atom stereocenters. The van der Waals surface area contributed by atoms with Gasteiger partial charge in [-0.1, -0.05) is 0 Å². The molecule has 0 bridgehead atoms. The van der Waals surface area contributed by atoms with Gasteiger partial charge in [0, 0.05) is 17.2 Å². The molecule has 0 fully saturated rings. The number of methoxy groups -OCH3 is 1. The van der Waals surface area contributed by atoms with E-state index in [1.54, 1.807) is 19.2 Å². The van der Waals surface area contributed by atoms with Gasteiger partial charge in [-0.3, -0.25) is 4.79 Å². The SMILES string of the molecule is COc1ccc(-c2ccc(OCCNC(=O)c3ccc(C(F)(F)F)cc3)nn2)cc1. The molecule has 0 aliphatic rings. The summed E-state index contributed by atoms with van der Waals surface area (Å²) in [6.45, 7) is 0.282. The van der Waals surface area contributed by atoms with Crippen LogP contribution in [0, 0.1) is 0 Å². The van der Waals surface area contributed by atoms with Crippen molar-refractivity contribution < 1.29 is 27.4 Å². The fraction of sp³-hybridized carbons (Fsp3) is 0.190. The molecule has 156 valence electrons. The molecule has 6 nitrogen and oxygen atoms in total. The van der Waals surface area contributed by atoms with E-state index >= 15 is 0 Å². The highest BCUT2D eigenvalue weighted by Gasteiger charge is 2.30. The fourth-order valence-corrected chi connectivity index (χ4v) is 2.55. The van der Waals surface area contributed by atoms with Crippen LogP contribution >= 0.6 is 0 Å². The molecule has 0 saturated carbocycles. The van der Waals surface area contributed by atoms with Gasteiger partial charge in [-0.2, -0.15) is 13.2 Å². The first kappa shape index (κ1) is 21.1. The van der Waals surface area contributed by atoms with Crippen molar-refractivity contribution in [3.8, 4) is 22.9 Å². The molecule has 0 unspecified atom stereocenters. The van der Waals surface area contributed by atoms with Gasteiger partial charge in [0.2, 0.25) is 5.88 Å². The Bertz CT molecular complexity index is 974. The van der Waals surface area contributed by atoms with Gasteiger partial charge in [-0.05, 0) is 54.6 Å². The summed E-state index contributed by atoms with van der Waals surface area (Å²) < 4.78 is 48.2. The van der Waals surface area contributed by atoms with Crippen molar-refractivity contribution in [3.05, 3.63) is 71.8 Å². The predicted octanol–water partition coefficient (Wildman–Crippen LogP) is 3.98. The Labute approximate surface area is 170 Å². The summed E-state index contributed by atoms with van der Waals surface area (Å²) in [6, 6.07) is 14.8. The number of nitrogens with zero attached hydrogens (tertiary/aromatic N) is 2. The van der Waals surface area contributed by atoms with Crippen molar-refractivity contribution in [1.82, 2.24) is 15.5 Å². The third-order valence-corrected chi connectivity index (χ3v) is 4.14. The van der Waals surface area contributed by atoms with E-state index in [-0.39, 0.29) is 24.6 Å². The zero-order valence-corrected chi connectivity index (χ0v) is 15.9. The van der Waals surface area contributed by atoms with Crippen LogP contribution in [0.2, 0.25) is 0 Å². The second-order valence-corrected chi connectivity index (χ2v) is 6.16. The highest BCUT2D eigenvalue weighted by atomic mass is 19.4. The van der Waals surface area contributed by atoms with Gasteiger partial charge >= 0.3 is 6.18 Å². The number of halogens is 3. The van der Waals surface area contributed by atoms with Crippen LogP contribution in [0.5, 0.6) is 11.6 Å². The molecule has 30 heavy (non-hydrogen) atoms. The summed E-state index contributed by atoms with van der Waals surface area (Å²) in [7, 11) is 1.59. The number of nitrogens with one attached hydrogen (secondary N) is 1. The van der Waals surface area contributed by atoms with Gasteiger partial charge in [-0.15, -0.1) is 10.2 Å². The highest BCUT2D eigenvalue weighted by Crippen LogP contribution is 2.29. The molecule has 3 rings (SSSR count). The summed E-state index contributed by atoms with van der Waals surface area (Å²) >= 11 is 0. The maximum Gasteiger partial charge on any atom is 0.416 e. The lowest BCUT2D eigenvalue weighted by Crippen LogP contribution is -2.28. The van der Waals surface area contributed by atoms with Crippen LogP contribution in [0.4, 0.5) is 13.2 Å². The van der Waals surface area contributed by atoms with Crippen LogP contribution in [-0.4, -0.2) is 36.4 Å². The third-order valence-electron chi connectivity index (χ3n) is 4.14. The summed E-state index contributed by atoms with van der Waals surface area (Å²) in [4.78, 5) is 12.0. The van der Waals surface area contributed by atoms with E-state index in [1.165, 1.54) is 0 Å². The molecule has 0 aliphatic carbocycles. The molecule has 1 heterocycles. The van der Waals surface area contributed by atoms with E-state index in [4.69, 9.17) is 9.47 Å². The molecular formula is C21H18F3N3O3. The van der Waals surface area contributed by atoms with E-state index in [0.29, 0.717) is 5.69 Å². The monoisotopic (exact) mass is 417 g/mol. The molecule has 0 saturated heterocycles. The van der Waals surface area contributed by atoms with Crippen molar-refractivity contribution in [2.24, 2.45) is 0 Å².